The highest BCUT2D eigenvalue weighted by Crippen LogP contribution is 2.13. The van der Waals surface area contributed by atoms with Gasteiger partial charge in [0.1, 0.15) is 0 Å². The zero-order valence-corrected chi connectivity index (χ0v) is 9.95. The van der Waals surface area contributed by atoms with E-state index in [2.05, 4.69) is 5.32 Å². The van der Waals surface area contributed by atoms with Crippen LogP contribution in [-0.2, 0) is 6.54 Å². The highest BCUT2D eigenvalue weighted by atomic mass is 35.5. The minimum Gasteiger partial charge on any atom is -0.381 e. The third-order valence-electron chi connectivity index (χ3n) is 2.43. The lowest BCUT2D eigenvalue weighted by atomic mass is 10.2. The summed E-state index contributed by atoms with van der Waals surface area (Å²) in [6, 6.07) is 17.2. The van der Waals surface area contributed by atoms with Crippen LogP contribution < -0.4 is 5.32 Å². The van der Waals surface area contributed by atoms with Gasteiger partial charge in [-0.3, -0.25) is 4.79 Å². The molecule has 2 rings (SSSR count). The molecule has 0 spiro atoms. The minimum atomic E-state index is -0.437. The van der Waals surface area contributed by atoms with Crippen molar-refractivity contribution in [3.05, 3.63) is 65.7 Å². The van der Waals surface area contributed by atoms with E-state index in [1.54, 1.807) is 12.1 Å². The monoisotopic (exact) mass is 245 g/mol. The van der Waals surface area contributed by atoms with Crippen LogP contribution in [0.1, 0.15) is 15.9 Å². The van der Waals surface area contributed by atoms with Gasteiger partial charge in [-0.05, 0) is 35.4 Å². The Kier molecular flexibility index (Phi) is 3.78. The SMILES string of the molecule is O=C(Cl)c1cccc(NCc2ccccc2)c1. The van der Waals surface area contributed by atoms with Gasteiger partial charge in [-0.15, -0.1) is 0 Å². The average Bonchev–Trinajstić information content (AvgIpc) is 2.38. The smallest absolute Gasteiger partial charge is 0.252 e. The number of hydrogen-bond acceptors (Lipinski definition) is 2. The van der Waals surface area contributed by atoms with Crippen molar-refractivity contribution in [1.82, 2.24) is 0 Å². The number of halogens is 1. The Balaban J connectivity index is 2.04. The molecule has 2 nitrogen and oxygen atoms in total. The van der Waals surface area contributed by atoms with Gasteiger partial charge in [-0.25, -0.2) is 0 Å². The van der Waals surface area contributed by atoms with Crippen molar-refractivity contribution in [2.75, 3.05) is 5.32 Å². The zero-order valence-electron chi connectivity index (χ0n) is 9.19. The molecule has 0 amide bonds. The second-order valence-corrected chi connectivity index (χ2v) is 4.04. The van der Waals surface area contributed by atoms with E-state index in [-0.39, 0.29) is 0 Å². The first kappa shape index (κ1) is 11.7. The van der Waals surface area contributed by atoms with E-state index < -0.39 is 5.24 Å². The number of benzene rings is 2. The first-order valence-corrected chi connectivity index (χ1v) is 5.71. The molecule has 2 aromatic rings. The summed E-state index contributed by atoms with van der Waals surface area (Å²) in [5, 5.41) is 2.81. The average molecular weight is 246 g/mol. The first-order valence-electron chi connectivity index (χ1n) is 5.33. The number of nitrogens with one attached hydrogen (secondary N) is 1. The molecule has 3 heteroatoms. The Morgan fingerprint density at radius 1 is 1.06 bits per heavy atom. The van der Waals surface area contributed by atoms with Crippen molar-refractivity contribution >= 4 is 22.5 Å². The van der Waals surface area contributed by atoms with Crippen molar-refractivity contribution in [2.24, 2.45) is 0 Å². The minimum absolute atomic E-state index is 0.437. The number of hydrogen-bond donors (Lipinski definition) is 1. The molecule has 0 saturated heterocycles. The third kappa shape index (κ3) is 3.33. The second-order valence-electron chi connectivity index (χ2n) is 3.69. The maximum absolute atomic E-state index is 11.0. The molecule has 17 heavy (non-hydrogen) atoms. The highest BCUT2D eigenvalue weighted by molar-refractivity contribution is 6.67. The van der Waals surface area contributed by atoms with Gasteiger partial charge in [0.25, 0.3) is 5.24 Å². The van der Waals surface area contributed by atoms with Crippen LogP contribution in [0.5, 0.6) is 0 Å². The number of carbonyl (C=O) groups is 1. The summed E-state index contributed by atoms with van der Waals surface area (Å²) in [6.07, 6.45) is 0. The van der Waals surface area contributed by atoms with Gasteiger partial charge in [0, 0.05) is 17.8 Å². The quantitative estimate of drug-likeness (QED) is 0.833. The van der Waals surface area contributed by atoms with Crippen molar-refractivity contribution in [3.63, 3.8) is 0 Å². The van der Waals surface area contributed by atoms with Gasteiger partial charge in [-0.2, -0.15) is 0 Å². The lowest BCUT2D eigenvalue weighted by Gasteiger charge is -2.07. The van der Waals surface area contributed by atoms with E-state index in [1.807, 2.05) is 42.5 Å². The van der Waals surface area contributed by atoms with Gasteiger partial charge in [-0.1, -0.05) is 36.4 Å². The molecule has 0 saturated carbocycles. The predicted molar refractivity (Wildman–Crippen MR) is 70.4 cm³/mol. The number of carbonyl (C=O) groups excluding carboxylic acids is 1. The second kappa shape index (κ2) is 5.51. The largest absolute Gasteiger partial charge is 0.381 e. The summed E-state index contributed by atoms with van der Waals surface area (Å²) in [5.74, 6) is 0. The van der Waals surface area contributed by atoms with Gasteiger partial charge in [0.15, 0.2) is 0 Å². The molecule has 0 heterocycles. The first-order chi connectivity index (χ1) is 8.25. The summed E-state index contributed by atoms with van der Waals surface area (Å²) >= 11 is 5.43. The van der Waals surface area contributed by atoms with E-state index in [0.29, 0.717) is 5.56 Å². The van der Waals surface area contributed by atoms with Crippen LogP contribution >= 0.6 is 11.6 Å². The molecule has 0 unspecified atom stereocenters. The normalized spacial score (nSPS) is 9.94. The summed E-state index contributed by atoms with van der Waals surface area (Å²) in [6.45, 7) is 0.723. The molecule has 0 aliphatic heterocycles. The van der Waals surface area contributed by atoms with E-state index in [1.165, 1.54) is 5.56 Å². The van der Waals surface area contributed by atoms with Crippen LogP contribution in [-0.4, -0.2) is 5.24 Å². The number of anilines is 1. The predicted octanol–water partition coefficient (Wildman–Crippen LogP) is 3.68. The summed E-state index contributed by atoms with van der Waals surface area (Å²) < 4.78 is 0. The maximum atomic E-state index is 11.0. The van der Waals surface area contributed by atoms with Gasteiger partial charge in [0.2, 0.25) is 0 Å². The van der Waals surface area contributed by atoms with E-state index >= 15 is 0 Å². The van der Waals surface area contributed by atoms with Gasteiger partial charge < -0.3 is 5.32 Å². The fraction of sp³-hybridized carbons (Fsp3) is 0.0714. The highest BCUT2D eigenvalue weighted by Gasteiger charge is 2.01. The van der Waals surface area contributed by atoms with Crippen LogP contribution in [0.3, 0.4) is 0 Å². The van der Waals surface area contributed by atoms with Crippen molar-refractivity contribution in [1.29, 1.82) is 0 Å². The van der Waals surface area contributed by atoms with Crippen molar-refractivity contribution in [3.8, 4) is 0 Å². The summed E-state index contributed by atoms with van der Waals surface area (Å²) in [4.78, 5) is 11.0. The molecule has 0 aliphatic carbocycles. The molecule has 2 aromatic carbocycles. The van der Waals surface area contributed by atoms with Crippen LogP contribution in [0.2, 0.25) is 0 Å². The third-order valence-corrected chi connectivity index (χ3v) is 2.65. The Morgan fingerprint density at radius 3 is 2.53 bits per heavy atom. The molecule has 0 atom stereocenters. The topological polar surface area (TPSA) is 29.1 Å². The molecular formula is C14H12ClNO. The Labute approximate surface area is 105 Å². The standard InChI is InChI=1S/C14H12ClNO/c15-14(17)12-7-4-8-13(9-12)16-10-11-5-2-1-3-6-11/h1-9,16H,10H2. The molecule has 0 bridgehead atoms. The van der Waals surface area contributed by atoms with Gasteiger partial charge in [0.05, 0.1) is 0 Å². The molecule has 0 fully saturated rings. The van der Waals surface area contributed by atoms with Crippen LogP contribution in [0.25, 0.3) is 0 Å². The molecule has 0 radical (unpaired) electrons. The van der Waals surface area contributed by atoms with Crippen LogP contribution in [0.4, 0.5) is 5.69 Å². The fourth-order valence-corrected chi connectivity index (χ4v) is 1.67. The summed E-state index contributed by atoms with van der Waals surface area (Å²) in [5.41, 5.74) is 2.58. The summed E-state index contributed by atoms with van der Waals surface area (Å²) in [7, 11) is 0. The van der Waals surface area contributed by atoms with Crippen molar-refractivity contribution < 1.29 is 4.79 Å². The number of rotatable bonds is 4. The van der Waals surface area contributed by atoms with Crippen LogP contribution in [0.15, 0.2) is 54.6 Å². The van der Waals surface area contributed by atoms with E-state index in [9.17, 15) is 4.79 Å². The Morgan fingerprint density at radius 2 is 1.82 bits per heavy atom. The Hall–Kier alpha value is -1.80. The van der Waals surface area contributed by atoms with Gasteiger partial charge >= 0.3 is 0 Å². The molecule has 0 aliphatic rings. The molecular weight excluding hydrogens is 234 g/mol. The molecule has 0 aromatic heterocycles. The lowest BCUT2D eigenvalue weighted by Crippen LogP contribution is -2.00. The zero-order chi connectivity index (χ0) is 12.1. The lowest BCUT2D eigenvalue weighted by molar-refractivity contribution is 0.108. The Bertz CT molecular complexity index is 511. The van der Waals surface area contributed by atoms with Crippen LogP contribution in [0, 0.1) is 0 Å². The molecule has 86 valence electrons. The fourth-order valence-electron chi connectivity index (χ4n) is 1.55. The molecule has 1 N–H and O–H groups in total. The van der Waals surface area contributed by atoms with E-state index in [4.69, 9.17) is 11.6 Å². The van der Waals surface area contributed by atoms with Crippen molar-refractivity contribution in [2.45, 2.75) is 6.54 Å². The maximum Gasteiger partial charge on any atom is 0.252 e. The van der Waals surface area contributed by atoms with E-state index in [0.717, 1.165) is 12.2 Å².